The van der Waals surface area contributed by atoms with Crippen molar-refractivity contribution in [1.29, 1.82) is 0 Å². The highest BCUT2D eigenvalue weighted by Crippen LogP contribution is 2.30. The third-order valence-corrected chi connectivity index (χ3v) is 7.02. The summed E-state index contributed by atoms with van der Waals surface area (Å²) in [5.41, 5.74) is 5.98. The predicted molar refractivity (Wildman–Crippen MR) is 135 cm³/mol. The number of ether oxygens (including phenoxy) is 2. The molecule has 2 heterocycles. The van der Waals surface area contributed by atoms with Gasteiger partial charge in [-0.3, -0.25) is 4.68 Å². The maximum absolute atomic E-state index is 5.48. The lowest BCUT2D eigenvalue weighted by Gasteiger charge is -2.26. The molecule has 0 bridgehead atoms. The molecule has 1 aliphatic rings. The second-order valence-electron chi connectivity index (χ2n) is 8.71. The van der Waals surface area contributed by atoms with Crippen LogP contribution in [-0.4, -0.2) is 47.5 Å². The second kappa shape index (κ2) is 11.1. The SMILES string of the molecule is COc1cccc(Cn2cc(CNc3ccc(C)c(SN4CCOCC4)c3)c(C(C)C)n2)c1. The van der Waals surface area contributed by atoms with E-state index in [0.717, 1.165) is 56.5 Å². The van der Waals surface area contributed by atoms with E-state index in [2.05, 4.69) is 66.9 Å². The molecule has 0 amide bonds. The topological polar surface area (TPSA) is 51.5 Å². The molecule has 0 spiro atoms. The Labute approximate surface area is 201 Å². The average Bonchev–Trinajstić information content (AvgIpc) is 3.23. The van der Waals surface area contributed by atoms with E-state index < -0.39 is 0 Å². The lowest BCUT2D eigenvalue weighted by atomic mass is 10.1. The number of aromatic nitrogens is 2. The molecule has 0 saturated carbocycles. The summed E-state index contributed by atoms with van der Waals surface area (Å²) in [6.07, 6.45) is 2.17. The minimum atomic E-state index is 0.360. The summed E-state index contributed by atoms with van der Waals surface area (Å²) in [5, 5.41) is 8.52. The zero-order valence-corrected chi connectivity index (χ0v) is 20.8. The van der Waals surface area contributed by atoms with Crippen molar-refractivity contribution in [3.63, 3.8) is 0 Å². The molecular formula is C26H34N4O2S. The van der Waals surface area contributed by atoms with Crippen LogP contribution in [0.1, 0.15) is 42.1 Å². The largest absolute Gasteiger partial charge is 0.497 e. The molecular weight excluding hydrogens is 432 g/mol. The monoisotopic (exact) mass is 466 g/mol. The van der Waals surface area contributed by atoms with Gasteiger partial charge in [-0.05, 0) is 60.2 Å². The standard InChI is InChI=1S/C26H34N4O2S/c1-19(2)26-22(18-29(28-26)17-21-6-5-7-24(14-21)31-4)16-27-23-9-8-20(3)25(15-23)33-30-10-12-32-13-11-30/h5-9,14-15,18-19,27H,10-13,16-17H2,1-4H3. The molecule has 4 rings (SSSR count). The van der Waals surface area contributed by atoms with Crippen LogP contribution in [0.5, 0.6) is 5.75 Å². The molecule has 1 fully saturated rings. The van der Waals surface area contributed by atoms with Crippen LogP contribution >= 0.6 is 11.9 Å². The molecule has 0 radical (unpaired) electrons. The molecule has 1 aromatic heterocycles. The van der Waals surface area contributed by atoms with Gasteiger partial charge in [0, 0.05) is 42.0 Å². The second-order valence-corrected chi connectivity index (χ2v) is 9.85. The minimum absolute atomic E-state index is 0.360. The van der Waals surface area contributed by atoms with Crippen molar-refractivity contribution in [2.75, 3.05) is 38.7 Å². The lowest BCUT2D eigenvalue weighted by molar-refractivity contribution is 0.0773. The molecule has 0 atom stereocenters. The summed E-state index contributed by atoms with van der Waals surface area (Å²) in [6, 6.07) is 14.8. The van der Waals surface area contributed by atoms with E-state index >= 15 is 0 Å². The summed E-state index contributed by atoms with van der Waals surface area (Å²) in [7, 11) is 1.70. The molecule has 6 nitrogen and oxygen atoms in total. The van der Waals surface area contributed by atoms with Gasteiger partial charge in [-0.25, -0.2) is 4.31 Å². The molecule has 176 valence electrons. The molecule has 1 aliphatic heterocycles. The first-order valence-electron chi connectivity index (χ1n) is 11.6. The Morgan fingerprint density at radius 3 is 2.73 bits per heavy atom. The molecule has 7 heteroatoms. The highest BCUT2D eigenvalue weighted by atomic mass is 32.2. The Balaban J connectivity index is 1.45. The zero-order valence-electron chi connectivity index (χ0n) is 20.0. The van der Waals surface area contributed by atoms with Crippen molar-refractivity contribution >= 4 is 17.6 Å². The Morgan fingerprint density at radius 1 is 1.15 bits per heavy atom. The van der Waals surface area contributed by atoms with Crippen molar-refractivity contribution in [1.82, 2.24) is 14.1 Å². The van der Waals surface area contributed by atoms with E-state index in [0.29, 0.717) is 5.92 Å². The van der Waals surface area contributed by atoms with E-state index in [1.807, 2.05) is 28.8 Å². The maximum Gasteiger partial charge on any atom is 0.119 e. The molecule has 3 aromatic rings. The Hall–Kier alpha value is -2.48. The summed E-state index contributed by atoms with van der Waals surface area (Å²) in [6.45, 7) is 11.6. The number of hydrogen-bond donors (Lipinski definition) is 1. The number of hydrogen-bond acceptors (Lipinski definition) is 6. The van der Waals surface area contributed by atoms with Crippen LogP contribution in [0.25, 0.3) is 0 Å². The number of nitrogens with zero attached hydrogens (tertiary/aromatic N) is 3. The van der Waals surface area contributed by atoms with Gasteiger partial charge in [0.1, 0.15) is 5.75 Å². The number of aryl methyl sites for hydroxylation is 1. The van der Waals surface area contributed by atoms with Crippen molar-refractivity contribution in [2.24, 2.45) is 0 Å². The molecule has 1 N–H and O–H groups in total. The van der Waals surface area contributed by atoms with E-state index in [4.69, 9.17) is 14.6 Å². The first kappa shape index (κ1) is 23.7. The van der Waals surface area contributed by atoms with Gasteiger partial charge in [-0.15, -0.1) is 0 Å². The molecule has 1 saturated heterocycles. The van der Waals surface area contributed by atoms with Gasteiger partial charge in [0.15, 0.2) is 0 Å². The van der Waals surface area contributed by atoms with Crippen LogP contribution < -0.4 is 10.1 Å². The van der Waals surface area contributed by atoms with Crippen molar-refractivity contribution in [3.05, 3.63) is 71.0 Å². The van der Waals surface area contributed by atoms with E-state index in [-0.39, 0.29) is 0 Å². The summed E-state index contributed by atoms with van der Waals surface area (Å²) in [5.74, 6) is 1.23. The summed E-state index contributed by atoms with van der Waals surface area (Å²) >= 11 is 1.83. The van der Waals surface area contributed by atoms with Crippen LogP contribution in [0.2, 0.25) is 0 Å². The molecule has 33 heavy (non-hydrogen) atoms. The van der Waals surface area contributed by atoms with Crippen molar-refractivity contribution in [2.45, 2.75) is 44.7 Å². The minimum Gasteiger partial charge on any atom is -0.497 e. The quantitative estimate of drug-likeness (QED) is 0.431. The van der Waals surface area contributed by atoms with Crippen molar-refractivity contribution in [3.8, 4) is 5.75 Å². The molecule has 0 unspecified atom stereocenters. The summed E-state index contributed by atoms with van der Waals surface area (Å²) in [4.78, 5) is 1.29. The Bertz CT molecular complexity index is 1060. The fourth-order valence-corrected chi connectivity index (χ4v) is 4.92. The maximum atomic E-state index is 5.48. The van der Waals surface area contributed by atoms with Gasteiger partial charge >= 0.3 is 0 Å². The Morgan fingerprint density at radius 2 is 1.97 bits per heavy atom. The van der Waals surface area contributed by atoms with Gasteiger partial charge in [0.25, 0.3) is 0 Å². The number of rotatable bonds is 9. The van der Waals surface area contributed by atoms with E-state index in [1.165, 1.54) is 21.6 Å². The number of methoxy groups -OCH3 is 1. The number of morpholine rings is 1. The van der Waals surface area contributed by atoms with Gasteiger partial charge in [0.05, 0.1) is 32.6 Å². The van der Waals surface area contributed by atoms with Crippen LogP contribution in [0.3, 0.4) is 0 Å². The third kappa shape index (κ3) is 6.31. The van der Waals surface area contributed by atoms with Crippen LogP contribution in [0, 0.1) is 6.92 Å². The van der Waals surface area contributed by atoms with Gasteiger partial charge < -0.3 is 14.8 Å². The van der Waals surface area contributed by atoms with Crippen LogP contribution in [0.15, 0.2) is 53.6 Å². The lowest BCUT2D eigenvalue weighted by Crippen LogP contribution is -2.30. The fourth-order valence-electron chi connectivity index (χ4n) is 3.92. The van der Waals surface area contributed by atoms with Gasteiger partial charge in [-0.2, -0.15) is 5.10 Å². The normalized spacial score (nSPS) is 14.6. The third-order valence-electron chi connectivity index (χ3n) is 5.76. The number of benzene rings is 2. The summed E-state index contributed by atoms with van der Waals surface area (Å²) < 4.78 is 15.3. The van der Waals surface area contributed by atoms with E-state index in [9.17, 15) is 0 Å². The van der Waals surface area contributed by atoms with E-state index in [1.54, 1.807) is 7.11 Å². The van der Waals surface area contributed by atoms with Crippen molar-refractivity contribution < 1.29 is 9.47 Å². The van der Waals surface area contributed by atoms with Gasteiger partial charge in [-0.1, -0.05) is 32.0 Å². The number of nitrogens with one attached hydrogen (secondary N) is 1. The molecule has 0 aliphatic carbocycles. The highest BCUT2D eigenvalue weighted by molar-refractivity contribution is 7.97. The first-order chi connectivity index (χ1) is 16.0. The first-order valence-corrected chi connectivity index (χ1v) is 12.3. The van der Waals surface area contributed by atoms with Gasteiger partial charge in [0.2, 0.25) is 0 Å². The zero-order chi connectivity index (χ0) is 23.2. The molecule has 2 aromatic carbocycles. The average molecular weight is 467 g/mol. The highest BCUT2D eigenvalue weighted by Gasteiger charge is 2.15. The number of anilines is 1. The Kier molecular flexibility index (Phi) is 7.96. The van der Waals surface area contributed by atoms with Crippen LogP contribution in [-0.2, 0) is 17.8 Å². The fraction of sp³-hybridized carbons (Fsp3) is 0.423. The predicted octanol–water partition coefficient (Wildman–Crippen LogP) is 5.32. The van der Waals surface area contributed by atoms with Crippen LogP contribution in [0.4, 0.5) is 5.69 Å². The smallest absolute Gasteiger partial charge is 0.119 e.